The van der Waals surface area contributed by atoms with Crippen LogP contribution in [0.4, 0.5) is 18.9 Å². The van der Waals surface area contributed by atoms with E-state index >= 15 is 0 Å². The molecule has 1 N–H and O–H groups in total. The molecular weight excluding hydrogens is 325 g/mol. The lowest BCUT2D eigenvalue weighted by atomic mass is 10.2. The Labute approximate surface area is 114 Å². The monoisotopic (exact) mass is 330 g/mol. The van der Waals surface area contributed by atoms with Crippen LogP contribution in [0.3, 0.4) is 0 Å². The highest BCUT2D eigenvalue weighted by Crippen LogP contribution is 2.24. The van der Waals surface area contributed by atoms with Gasteiger partial charge < -0.3 is 5.32 Å². The summed E-state index contributed by atoms with van der Waals surface area (Å²) in [5.41, 5.74) is -0.888. The predicted molar refractivity (Wildman–Crippen MR) is 66.2 cm³/mol. The summed E-state index contributed by atoms with van der Waals surface area (Å²) < 4.78 is 40.0. The Morgan fingerprint density at radius 2 is 1.79 bits per heavy atom. The van der Waals surface area contributed by atoms with Crippen LogP contribution >= 0.6 is 15.9 Å². The number of nitrogens with one attached hydrogen (secondary N) is 1. The van der Waals surface area contributed by atoms with Crippen LogP contribution in [0.15, 0.2) is 34.8 Å². The van der Waals surface area contributed by atoms with Gasteiger partial charge >= 0.3 is 0 Å². The van der Waals surface area contributed by atoms with Crippen LogP contribution in [0.2, 0.25) is 0 Å². The summed E-state index contributed by atoms with van der Waals surface area (Å²) in [6.45, 7) is 0. The molecule has 98 valence electrons. The Hall–Kier alpha value is -1.89. The van der Waals surface area contributed by atoms with Crippen LogP contribution in [0, 0.1) is 17.6 Å². The van der Waals surface area contributed by atoms with Crippen LogP contribution in [0.1, 0.15) is 10.5 Å². The fraction of sp³-hybridized carbons (Fsp3) is 0. The summed E-state index contributed by atoms with van der Waals surface area (Å²) in [5, 5.41) is 2.01. The number of nitrogens with zero attached hydrogens (tertiary/aromatic N) is 1. The average Bonchev–Trinajstić information content (AvgIpc) is 2.33. The fourth-order valence-corrected chi connectivity index (χ4v) is 1.78. The summed E-state index contributed by atoms with van der Waals surface area (Å²) in [5.74, 6) is -3.66. The van der Waals surface area contributed by atoms with E-state index in [9.17, 15) is 18.0 Å². The van der Waals surface area contributed by atoms with Gasteiger partial charge in [-0.3, -0.25) is 4.79 Å². The largest absolute Gasteiger partial charge is 0.316 e. The molecule has 0 bridgehead atoms. The van der Waals surface area contributed by atoms with E-state index in [0.29, 0.717) is 0 Å². The quantitative estimate of drug-likeness (QED) is 0.856. The van der Waals surface area contributed by atoms with Crippen LogP contribution in [0.25, 0.3) is 0 Å². The second-order valence-electron chi connectivity index (χ2n) is 3.54. The molecule has 0 unspecified atom stereocenters. The van der Waals surface area contributed by atoms with Gasteiger partial charge in [0.15, 0.2) is 11.6 Å². The lowest BCUT2D eigenvalue weighted by Crippen LogP contribution is -2.16. The number of rotatable bonds is 2. The third kappa shape index (κ3) is 3.11. The minimum Gasteiger partial charge on any atom is -0.316 e. The first-order chi connectivity index (χ1) is 8.97. The normalized spacial score (nSPS) is 10.3. The van der Waals surface area contributed by atoms with Gasteiger partial charge in [0.1, 0.15) is 11.4 Å². The molecule has 1 heterocycles. The van der Waals surface area contributed by atoms with Gasteiger partial charge in [0.2, 0.25) is 5.95 Å². The van der Waals surface area contributed by atoms with Gasteiger partial charge in [-0.15, -0.1) is 0 Å². The SMILES string of the molecule is O=C(Nc1c(F)cc(Br)cc1F)c1cccc(F)n1. The average molecular weight is 331 g/mol. The molecule has 0 saturated heterocycles. The van der Waals surface area contributed by atoms with Gasteiger partial charge in [0, 0.05) is 4.47 Å². The molecule has 0 fully saturated rings. The van der Waals surface area contributed by atoms with E-state index in [2.05, 4.69) is 20.9 Å². The van der Waals surface area contributed by atoms with Crippen molar-refractivity contribution < 1.29 is 18.0 Å². The molecule has 3 nitrogen and oxygen atoms in total. The van der Waals surface area contributed by atoms with E-state index in [1.54, 1.807) is 0 Å². The van der Waals surface area contributed by atoms with Crippen LogP contribution < -0.4 is 5.32 Å². The highest BCUT2D eigenvalue weighted by molar-refractivity contribution is 9.10. The second kappa shape index (κ2) is 5.40. The number of carbonyl (C=O) groups is 1. The molecule has 0 atom stereocenters. The molecule has 0 radical (unpaired) electrons. The van der Waals surface area contributed by atoms with Crippen LogP contribution in [0.5, 0.6) is 0 Å². The fourth-order valence-electron chi connectivity index (χ4n) is 1.37. The van der Waals surface area contributed by atoms with Crippen molar-refractivity contribution in [2.45, 2.75) is 0 Å². The van der Waals surface area contributed by atoms with Crippen LogP contribution in [-0.4, -0.2) is 10.9 Å². The van der Waals surface area contributed by atoms with Crippen molar-refractivity contribution in [3.8, 4) is 0 Å². The number of carbonyl (C=O) groups excluding carboxylic acids is 1. The molecule has 0 aliphatic rings. The number of aromatic nitrogens is 1. The van der Waals surface area contributed by atoms with Gasteiger partial charge in [-0.25, -0.2) is 13.8 Å². The third-order valence-electron chi connectivity index (χ3n) is 2.19. The zero-order valence-corrected chi connectivity index (χ0v) is 10.8. The molecule has 2 aromatic rings. The summed E-state index contributed by atoms with van der Waals surface area (Å²) in [6, 6.07) is 5.55. The number of pyridine rings is 1. The molecule has 0 spiro atoms. The minimum atomic E-state index is -0.948. The van der Waals surface area contributed by atoms with Crippen molar-refractivity contribution in [3.05, 3.63) is 58.1 Å². The molecular formula is C12H6BrF3N2O. The summed E-state index contributed by atoms with van der Waals surface area (Å²) >= 11 is 2.91. The maximum atomic E-state index is 13.5. The number of hydrogen-bond acceptors (Lipinski definition) is 2. The number of anilines is 1. The second-order valence-corrected chi connectivity index (χ2v) is 4.46. The van der Waals surface area contributed by atoms with Crippen molar-refractivity contribution in [1.82, 2.24) is 4.98 Å². The van der Waals surface area contributed by atoms with E-state index in [0.717, 1.165) is 18.2 Å². The van der Waals surface area contributed by atoms with Gasteiger partial charge in [0.05, 0.1) is 0 Å². The number of benzene rings is 1. The number of halogens is 4. The summed E-state index contributed by atoms with van der Waals surface area (Å²) in [4.78, 5) is 15.0. The molecule has 1 aromatic carbocycles. The van der Waals surface area contributed by atoms with Crippen molar-refractivity contribution in [2.24, 2.45) is 0 Å². The first-order valence-electron chi connectivity index (χ1n) is 5.06. The van der Waals surface area contributed by atoms with E-state index < -0.39 is 29.2 Å². The predicted octanol–water partition coefficient (Wildman–Crippen LogP) is 3.51. The first kappa shape index (κ1) is 13.5. The van der Waals surface area contributed by atoms with Gasteiger partial charge in [-0.2, -0.15) is 4.39 Å². The van der Waals surface area contributed by atoms with E-state index in [4.69, 9.17) is 0 Å². The van der Waals surface area contributed by atoms with Crippen molar-refractivity contribution >= 4 is 27.5 Å². The Bertz CT molecular complexity index is 626. The Balaban J connectivity index is 2.29. The highest BCUT2D eigenvalue weighted by atomic mass is 79.9. The Morgan fingerprint density at radius 1 is 1.16 bits per heavy atom. The smallest absolute Gasteiger partial charge is 0.274 e. The van der Waals surface area contributed by atoms with Crippen molar-refractivity contribution in [2.75, 3.05) is 5.32 Å². The van der Waals surface area contributed by atoms with Crippen molar-refractivity contribution in [3.63, 3.8) is 0 Å². The minimum absolute atomic E-state index is 0.198. The third-order valence-corrected chi connectivity index (χ3v) is 2.65. The lowest BCUT2D eigenvalue weighted by molar-refractivity contribution is 0.102. The van der Waals surface area contributed by atoms with Crippen molar-refractivity contribution in [1.29, 1.82) is 0 Å². The molecule has 19 heavy (non-hydrogen) atoms. The van der Waals surface area contributed by atoms with E-state index in [1.807, 2.05) is 5.32 Å². The molecule has 2 rings (SSSR count). The zero-order chi connectivity index (χ0) is 14.0. The van der Waals surface area contributed by atoms with Gasteiger partial charge in [-0.05, 0) is 24.3 Å². The lowest BCUT2D eigenvalue weighted by Gasteiger charge is -2.07. The summed E-state index contributed by atoms with van der Waals surface area (Å²) in [7, 11) is 0. The van der Waals surface area contributed by atoms with Gasteiger partial charge in [0.25, 0.3) is 5.91 Å². The van der Waals surface area contributed by atoms with E-state index in [-0.39, 0.29) is 10.2 Å². The maximum Gasteiger partial charge on any atom is 0.274 e. The number of amides is 1. The molecule has 0 aliphatic heterocycles. The van der Waals surface area contributed by atoms with Crippen LogP contribution in [-0.2, 0) is 0 Å². The Kier molecular flexibility index (Phi) is 3.84. The molecule has 7 heteroatoms. The molecule has 1 aromatic heterocycles. The Morgan fingerprint density at radius 3 is 2.37 bits per heavy atom. The number of hydrogen-bond donors (Lipinski definition) is 1. The molecule has 0 saturated carbocycles. The molecule has 0 aliphatic carbocycles. The van der Waals surface area contributed by atoms with Gasteiger partial charge in [-0.1, -0.05) is 22.0 Å². The zero-order valence-electron chi connectivity index (χ0n) is 9.25. The maximum absolute atomic E-state index is 13.5. The summed E-state index contributed by atoms with van der Waals surface area (Å²) in [6.07, 6.45) is 0. The first-order valence-corrected chi connectivity index (χ1v) is 5.85. The van der Waals surface area contributed by atoms with E-state index in [1.165, 1.54) is 12.1 Å². The topological polar surface area (TPSA) is 42.0 Å². The molecule has 1 amide bonds. The highest BCUT2D eigenvalue weighted by Gasteiger charge is 2.15. The standard InChI is InChI=1S/C12H6BrF3N2O/c13-6-4-7(14)11(8(15)5-6)18-12(19)9-2-1-3-10(16)17-9/h1-5H,(H,18,19).